The first-order chi connectivity index (χ1) is 7.18. The van der Waals surface area contributed by atoms with E-state index >= 15 is 0 Å². The fourth-order valence-electron chi connectivity index (χ4n) is 1.36. The van der Waals surface area contributed by atoms with Crippen molar-refractivity contribution < 1.29 is 14.2 Å². The molecule has 7 heteroatoms. The molecule has 0 radical (unpaired) electrons. The second-order valence-electron chi connectivity index (χ2n) is 3.13. The molecule has 2 N–H and O–H groups in total. The summed E-state index contributed by atoms with van der Waals surface area (Å²) < 4.78 is 17.9. The van der Waals surface area contributed by atoms with Gasteiger partial charge in [0.25, 0.3) is 11.4 Å². The number of H-pyrrole nitrogens is 1. The van der Waals surface area contributed by atoms with Gasteiger partial charge in [-0.25, -0.2) is 0 Å². The van der Waals surface area contributed by atoms with Crippen molar-refractivity contribution in [3.8, 4) is 5.88 Å². The van der Waals surface area contributed by atoms with Crippen molar-refractivity contribution in [2.24, 2.45) is 0 Å². The van der Waals surface area contributed by atoms with E-state index in [9.17, 15) is 9.18 Å². The van der Waals surface area contributed by atoms with Gasteiger partial charge in [-0.2, -0.15) is 9.37 Å². The minimum Gasteiger partial charge on any atom is -0.491 e. The maximum absolute atomic E-state index is 12.8. The largest absolute Gasteiger partial charge is 0.491 e. The van der Waals surface area contributed by atoms with Crippen LogP contribution in [0.1, 0.15) is 0 Å². The van der Waals surface area contributed by atoms with Gasteiger partial charge in [-0.1, -0.05) is 0 Å². The highest BCUT2D eigenvalue weighted by Crippen LogP contribution is 2.13. The smallest absolute Gasteiger partial charge is 0.292 e. The van der Waals surface area contributed by atoms with E-state index in [-0.39, 0.29) is 5.95 Å². The van der Waals surface area contributed by atoms with Crippen LogP contribution in [0.25, 0.3) is 0 Å². The highest BCUT2D eigenvalue weighted by molar-refractivity contribution is 5.32. The zero-order valence-corrected chi connectivity index (χ0v) is 7.86. The van der Waals surface area contributed by atoms with Crippen molar-refractivity contribution in [3.63, 3.8) is 0 Å². The van der Waals surface area contributed by atoms with Gasteiger partial charge in [0, 0.05) is 13.1 Å². The van der Waals surface area contributed by atoms with Crippen molar-refractivity contribution in [2.45, 2.75) is 0 Å². The second-order valence-corrected chi connectivity index (χ2v) is 3.13. The summed E-state index contributed by atoms with van der Waals surface area (Å²) >= 11 is 0. The van der Waals surface area contributed by atoms with Crippen molar-refractivity contribution >= 4 is 5.95 Å². The molecule has 0 saturated carbocycles. The minimum absolute atomic E-state index is 0.169. The van der Waals surface area contributed by atoms with Crippen molar-refractivity contribution in [1.82, 2.24) is 9.97 Å². The molecule has 6 nitrogen and oxygen atoms in total. The highest BCUT2D eigenvalue weighted by atomic mass is 19.1. The standard InChI is InChI=1S/C8H10FN3O3/c9-5-6(13)10-8(11-7(5)14)12-1-3-15-4-2-12/h1-4H2,(H2,10,11,13,14). The number of hydrogen-bond donors (Lipinski definition) is 2. The molecule has 1 aromatic rings. The second kappa shape index (κ2) is 3.85. The fourth-order valence-corrected chi connectivity index (χ4v) is 1.36. The predicted octanol–water partition coefficient (Wildman–Crippen LogP) is -0.549. The average Bonchev–Trinajstić information content (AvgIpc) is 2.26. The third-order valence-electron chi connectivity index (χ3n) is 2.14. The van der Waals surface area contributed by atoms with Crippen LogP contribution in [0.5, 0.6) is 5.88 Å². The first-order valence-corrected chi connectivity index (χ1v) is 4.50. The number of rotatable bonds is 1. The topological polar surface area (TPSA) is 78.5 Å². The van der Waals surface area contributed by atoms with Crippen LogP contribution >= 0.6 is 0 Å². The lowest BCUT2D eigenvalue weighted by Gasteiger charge is -2.26. The molecule has 0 aliphatic carbocycles. The van der Waals surface area contributed by atoms with Gasteiger partial charge >= 0.3 is 0 Å². The van der Waals surface area contributed by atoms with E-state index in [0.717, 1.165) is 0 Å². The van der Waals surface area contributed by atoms with Gasteiger partial charge in [0.1, 0.15) is 0 Å². The summed E-state index contributed by atoms with van der Waals surface area (Å²) in [5.74, 6) is -1.96. The summed E-state index contributed by atoms with van der Waals surface area (Å²) in [6.07, 6.45) is 0. The van der Waals surface area contributed by atoms with Crippen LogP contribution < -0.4 is 10.5 Å². The van der Waals surface area contributed by atoms with Crippen molar-refractivity contribution in [1.29, 1.82) is 0 Å². The Morgan fingerprint density at radius 3 is 2.73 bits per heavy atom. The molecule has 82 valence electrons. The number of anilines is 1. The molecule has 1 saturated heterocycles. The average molecular weight is 215 g/mol. The molecule has 2 heterocycles. The highest BCUT2D eigenvalue weighted by Gasteiger charge is 2.16. The van der Waals surface area contributed by atoms with Crippen LogP contribution in [0.2, 0.25) is 0 Å². The van der Waals surface area contributed by atoms with Crippen LogP contribution in [0.15, 0.2) is 4.79 Å². The van der Waals surface area contributed by atoms with Crippen molar-refractivity contribution in [2.75, 3.05) is 31.2 Å². The SMILES string of the molecule is O=c1[nH]c(N2CCOCC2)nc(O)c1F. The summed E-state index contributed by atoms with van der Waals surface area (Å²) in [7, 11) is 0. The molecule has 0 atom stereocenters. The van der Waals surface area contributed by atoms with Crippen LogP contribution in [0.3, 0.4) is 0 Å². The van der Waals surface area contributed by atoms with Gasteiger partial charge in [0.15, 0.2) is 0 Å². The number of morpholine rings is 1. The Balaban J connectivity index is 2.32. The van der Waals surface area contributed by atoms with Gasteiger partial charge in [-0.15, -0.1) is 0 Å². The van der Waals surface area contributed by atoms with E-state index in [4.69, 9.17) is 9.84 Å². The van der Waals surface area contributed by atoms with E-state index in [1.165, 1.54) is 0 Å². The molecule has 0 amide bonds. The molecule has 0 unspecified atom stereocenters. The lowest BCUT2D eigenvalue weighted by molar-refractivity contribution is 0.122. The first-order valence-electron chi connectivity index (χ1n) is 4.50. The number of aromatic nitrogens is 2. The van der Waals surface area contributed by atoms with Gasteiger partial charge in [-0.05, 0) is 0 Å². The van der Waals surface area contributed by atoms with Crippen LogP contribution in [-0.4, -0.2) is 41.4 Å². The van der Waals surface area contributed by atoms with Crippen LogP contribution in [0, 0.1) is 5.82 Å². The fraction of sp³-hybridized carbons (Fsp3) is 0.500. The molecular formula is C8H10FN3O3. The van der Waals surface area contributed by atoms with Crippen LogP contribution in [0.4, 0.5) is 10.3 Å². The van der Waals surface area contributed by atoms with Crippen molar-refractivity contribution in [3.05, 3.63) is 16.2 Å². The molecule has 1 aliphatic rings. The lowest BCUT2D eigenvalue weighted by atomic mass is 10.4. The summed E-state index contributed by atoms with van der Waals surface area (Å²) in [6, 6.07) is 0. The Labute approximate surface area is 84.3 Å². The maximum Gasteiger partial charge on any atom is 0.292 e. The van der Waals surface area contributed by atoms with Gasteiger partial charge in [0.2, 0.25) is 11.8 Å². The summed E-state index contributed by atoms with van der Waals surface area (Å²) in [6.45, 7) is 2.13. The normalized spacial score (nSPS) is 16.7. The lowest BCUT2D eigenvalue weighted by Crippen LogP contribution is -2.38. The summed E-state index contributed by atoms with van der Waals surface area (Å²) in [4.78, 5) is 18.5. The third kappa shape index (κ3) is 1.91. The maximum atomic E-state index is 12.8. The molecule has 2 rings (SSSR count). The number of ether oxygens (including phenoxy) is 1. The molecule has 0 aromatic carbocycles. The third-order valence-corrected chi connectivity index (χ3v) is 2.14. The molecule has 0 spiro atoms. The van der Waals surface area contributed by atoms with E-state index in [2.05, 4.69) is 9.97 Å². The number of aromatic hydroxyl groups is 1. The summed E-state index contributed by atoms with van der Waals surface area (Å²) in [5, 5.41) is 9.05. The molecule has 1 aromatic heterocycles. The first kappa shape index (κ1) is 9.91. The zero-order valence-electron chi connectivity index (χ0n) is 7.86. The number of nitrogens with one attached hydrogen (secondary N) is 1. The minimum atomic E-state index is -1.26. The number of halogens is 1. The van der Waals surface area contributed by atoms with E-state index < -0.39 is 17.3 Å². The zero-order chi connectivity index (χ0) is 10.8. The Kier molecular flexibility index (Phi) is 2.55. The molecule has 1 aliphatic heterocycles. The van der Waals surface area contributed by atoms with Gasteiger partial charge in [-0.3, -0.25) is 9.78 Å². The Hall–Kier alpha value is -1.63. The Morgan fingerprint density at radius 2 is 2.13 bits per heavy atom. The van der Waals surface area contributed by atoms with Crippen LogP contribution in [-0.2, 0) is 4.74 Å². The quantitative estimate of drug-likeness (QED) is 0.657. The molecule has 1 fully saturated rings. The summed E-state index contributed by atoms with van der Waals surface area (Å²) in [5.41, 5.74) is -0.969. The van der Waals surface area contributed by atoms with E-state index in [1.807, 2.05) is 0 Å². The molecule has 0 bridgehead atoms. The molecule has 15 heavy (non-hydrogen) atoms. The molecular weight excluding hydrogens is 205 g/mol. The Morgan fingerprint density at radius 1 is 1.47 bits per heavy atom. The number of hydrogen-bond acceptors (Lipinski definition) is 5. The number of nitrogens with zero attached hydrogens (tertiary/aromatic N) is 2. The Bertz CT molecular complexity index is 414. The van der Waals surface area contributed by atoms with Gasteiger partial charge in [0.05, 0.1) is 13.2 Å². The van der Waals surface area contributed by atoms with Gasteiger partial charge < -0.3 is 14.7 Å². The number of aromatic amines is 1. The van der Waals surface area contributed by atoms with E-state index in [1.54, 1.807) is 4.90 Å². The van der Waals surface area contributed by atoms with E-state index in [0.29, 0.717) is 26.3 Å². The monoisotopic (exact) mass is 215 g/mol. The predicted molar refractivity (Wildman–Crippen MR) is 49.5 cm³/mol.